The molecule has 17 nitrogen and oxygen atoms in total. The highest BCUT2D eigenvalue weighted by Gasteiger charge is 2.30. The molecule has 0 heterocycles. The molecule has 0 fully saturated rings. The monoisotopic (exact) mass is 1350 g/mol. The first-order valence-electron chi connectivity index (χ1n) is 38.1. The number of hydrogen-bond donors (Lipinski definition) is 3. The van der Waals surface area contributed by atoms with E-state index in [2.05, 4.69) is 34.6 Å². The SMILES string of the molecule is CCCCCCCCCCCCCCCCCCCCCCC(=O)O[C@H](COC(=O)CCCCCCCCCCCCCCCC(C)C)COP(=O)(O)OC[C@@H](O)COP(=O)(O)OC[C@@H](COC(=O)CCCCCCCCCC)OC(=O)CCCCCCCCCC. The summed E-state index contributed by atoms with van der Waals surface area (Å²) in [6.45, 7) is 7.23. The van der Waals surface area contributed by atoms with Crippen LogP contribution in [0.25, 0.3) is 0 Å². The summed E-state index contributed by atoms with van der Waals surface area (Å²) in [6.07, 6.45) is 54.4. The molecular weight excluding hydrogens is 1210 g/mol. The van der Waals surface area contributed by atoms with E-state index in [0.29, 0.717) is 25.7 Å². The number of esters is 4. The molecule has 0 saturated carbocycles. The number of phosphoric ester groups is 2. The highest BCUT2D eigenvalue weighted by molar-refractivity contribution is 7.47. The molecule has 5 atom stereocenters. The molecular formula is C73H142O17P2. The van der Waals surface area contributed by atoms with Gasteiger partial charge in [-0.3, -0.25) is 37.3 Å². The summed E-state index contributed by atoms with van der Waals surface area (Å²) in [6, 6.07) is 0. The lowest BCUT2D eigenvalue weighted by molar-refractivity contribution is -0.161. The van der Waals surface area contributed by atoms with Gasteiger partial charge >= 0.3 is 39.5 Å². The first kappa shape index (κ1) is 90.1. The Morgan fingerprint density at radius 2 is 0.500 bits per heavy atom. The van der Waals surface area contributed by atoms with Crippen molar-refractivity contribution in [2.45, 2.75) is 400 Å². The molecule has 0 aliphatic heterocycles. The number of aliphatic hydroxyl groups is 1. The second-order valence-corrected chi connectivity index (χ2v) is 29.7. The van der Waals surface area contributed by atoms with Crippen molar-refractivity contribution in [3.63, 3.8) is 0 Å². The van der Waals surface area contributed by atoms with Crippen LogP contribution in [0.4, 0.5) is 0 Å². The van der Waals surface area contributed by atoms with E-state index in [1.807, 2.05) is 0 Å². The van der Waals surface area contributed by atoms with Crippen molar-refractivity contribution in [2.24, 2.45) is 5.92 Å². The quantitative estimate of drug-likeness (QED) is 0.0222. The highest BCUT2D eigenvalue weighted by atomic mass is 31.2. The summed E-state index contributed by atoms with van der Waals surface area (Å²) >= 11 is 0. The van der Waals surface area contributed by atoms with Crippen LogP contribution in [-0.4, -0.2) is 96.7 Å². The molecule has 0 amide bonds. The first-order valence-corrected chi connectivity index (χ1v) is 41.1. The predicted octanol–water partition coefficient (Wildman–Crippen LogP) is 21.3. The van der Waals surface area contributed by atoms with E-state index >= 15 is 0 Å². The summed E-state index contributed by atoms with van der Waals surface area (Å²) in [5.74, 6) is -1.33. The summed E-state index contributed by atoms with van der Waals surface area (Å²) in [4.78, 5) is 72.5. The smallest absolute Gasteiger partial charge is 0.462 e. The Bertz CT molecular complexity index is 1770. The molecule has 546 valence electrons. The van der Waals surface area contributed by atoms with Crippen LogP contribution in [0.5, 0.6) is 0 Å². The topological polar surface area (TPSA) is 237 Å². The molecule has 0 rings (SSSR count). The third-order valence-corrected chi connectivity index (χ3v) is 18.9. The average Bonchev–Trinajstić information content (AvgIpc) is 1.82. The van der Waals surface area contributed by atoms with Crippen LogP contribution in [0.3, 0.4) is 0 Å². The predicted molar refractivity (Wildman–Crippen MR) is 372 cm³/mol. The minimum absolute atomic E-state index is 0.105. The molecule has 19 heteroatoms. The normalized spacial score (nSPS) is 14.0. The van der Waals surface area contributed by atoms with Gasteiger partial charge in [-0.25, -0.2) is 9.13 Å². The van der Waals surface area contributed by atoms with Gasteiger partial charge in [0.05, 0.1) is 26.4 Å². The van der Waals surface area contributed by atoms with Crippen LogP contribution >= 0.6 is 15.6 Å². The van der Waals surface area contributed by atoms with Crippen LogP contribution in [0.15, 0.2) is 0 Å². The van der Waals surface area contributed by atoms with Crippen LogP contribution in [0.1, 0.15) is 381 Å². The minimum atomic E-state index is -4.95. The van der Waals surface area contributed by atoms with E-state index in [1.165, 1.54) is 193 Å². The minimum Gasteiger partial charge on any atom is -0.462 e. The summed E-state index contributed by atoms with van der Waals surface area (Å²) in [7, 11) is -9.89. The fraction of sp³-hybridized carbons (Fsp3) is 0.945. The maximum atomic E-state index is 13.1. The maximum Gasteiger partial charge on any atom is 0.472 e. The fourth-order valence-electron chi connectivity index (χ4n) is 11.2. The van der Waals surface area contributed by atoms with Gasteiger partial charge < -0.3 is 33.8 Å². The molecule has 0 radical (unpaired) electrons. The zero-order valence-electron chi connectivity index (χ0n) is 59.7. The van der Waals surface area contributed by atoms with Gasteiger partial charge in [0.15, 0.2) is 12.2 Å². The molecule has 0 aromatic heterocycles. The van der Waals surface area contributed by atoms with Crippen LogP contribution in [0.2, 0.25) is 0 Å². The Morgan fingerprint density at radius 1 is 0.293 bits per heavy atom. The molecule has 0 aromatic rings. The number of phosphoric acid groups is 2. The number of rotatable bonds is 73. The van der Waals surface area contributed by atoms with Crippen molar-refractivity contribution in [2.75, 3.05) is 39.6 Å². The third kappa shape index (κ3) is 66.7. The van der Waals surface area contributed by atoms with E-state index in [1.54, 1.807) is 0 Å². The molecule has 3 N–H and O–H groups in total. The molecule has 92 heavy (non-hydrogen) atoms. The molecule has 0 bridgehead atoms. The van der Waals surface area contributed by atoms with Gasteiger partial charge in [-0.15, -0.1) is 0 Å². The van der Waals surface area contributed by atoms with Crippen molar-refractivity contribution >= 4 is 39.5 Å². The van der Waals surface area contributed by atoms with Gasteiger partial charge in [0.1, 0.15) is 19.3 Å². The number of ether oxygens (including phenoxy) is 4. The van der Waals surface area contributed by atoms with Gasteiger partial charge in [-0.05, 0) is 31.6 Å². The van der Waals surface area contributed by atoms with E-state index in [9.17, 15) is 43.2 Å². The van der Waals surface area contributed by atoms with Crippen LogP contribution < -0.4 is 0 Å². The zero-order chi connectivity index (χ0) is 67.7. The van der Waals surface area contributed by atoms with Gasteiger partial charge in [-0.1, -0.05) is 330 Å². The number of carbonyl (C=O) groups is 4. The lowest BCUT2D eigenvalue weighted by atomic mass is 10.0. The third-order valence-electron chi connectivity index (χ3n) is 17.0. The van der Waals surface area contributed by atoms with Crippen molar-refractivity contribution in [1.82, 2.24) is 0 Å². The largest absolute Gasteiger partial charge is 0.472 e. The Balaban J connectivity index is 5.15. The van der Waals surface area contributed by atoms with Crippen molar-refractivity contribution < 1.29 is 80.2 Å². The Morgan fingerprint density at radius 3 is 0.739 bits per heavy atom. The fourth-order valence-corrected chi connectivity index (χ4v) is 12.8. The number of carbonyl (C=O) groups excluding carboxylic acids is 4. The van der Waals surface area contributed by atoms with E-state index in [4.69, 9.17) is 37.0 Å². The van der Waals surface area contributed by atoms with Crippen molar-refractivity contribution in [1.29, 1.82) is 0 Å². The lowest BCUT2D eigenvalue weighted by Gasteiger charge is -2.21. The second-order valence-electron chi connectivity index (χ2n) is 26.8. The van der Waals surface area contributed by atoms with E-state index < -0.39 is 97.5 Å². The Kier molecular flexibility index (Phi) is 64.9. The summed E-state index contributed by atoms with van der Waals surface area (Å²) in [5, 5.41) is 10.6. The van der Waals surface area contributed by atoms with Crippen molar-refractivity contribution in [3.05, 3.63) is 0 Å². The summed E-state index contributed by atoms with van der Waals surface area (Å²) < 4.78 is 68.2. The van der Waals surface area contributed by atoms with Crippen LogP contribution in [-0.2, 0) is 65.4 Å². The maximum absolute atomic E-state index is 13.1. The van der Waals surface area contributed by atoms with Gasteiger partial charge in [0, 0.05) is 25.7 Å². The first-order chi connectivity index (χ1) is 44.5. The van der Waals surface area contributed by atoms with Crippen LogP contribution in [0, 0.1) is 5.92 Å². The average molecular weight is 1350 g/mol. The standard InChI is InChI=1S/C73H142O17P2/c1-6-9-12-15-18-21-22-23-24-25-26-27-28-29-32-36-39-44-49-54-59-73(78)90-69(63-84-71(76)57-52-47-43-38-35-33-30-31-34-37-40-45-50-55-66(4)5)65-88-92(81,82)86-61-67(74)60-85-91(79,80)87-64-68(89-72(77)58-53-48-42-20-17-14-11-8-3)62-83-70(75)56-51-46-41-19-16-13-10-7-2/h66-69,74H,6-65H2,1-5H3,(H,79,80)(H,81,82)/t67-,68+,69+/m0/s1. The van der Waals surface area contributed by atoms with Gasteiger partial charge in [0.2, 0.25) is 0 Å². The molecule has 0 aliphatic rings. The molecule has 0 aromatic carbocycles. The molecule has 0 spiro atoms. The highest BCUT2D eigenvalue weighted by Crippen LogP contribution is 2.45. The van der Waals surface area contributed by atoms with Gasteiger partial charge in [0.25, 0.3) is 0 Å². The van der Waals surface area contributed by atoms with Crippen molar-refractivity contribution in [3.8, 4) is 0 Å². The Labute approximate surface area is 562 Å². The summed E-state index contributed by atoms with van der Waals surface area (Å²) in [5.41, 5.74) is 0. The lowest BCUT2D eigenvalue weighted by Crippen LogP contribution is -2.30. The molecule has 2 unspecified atom stereocenters. The molecule has 0 saturated heterocycles. The zero-order valence-corrected chi connectivity index (χ0v) is 61.5. The number of unbranched alkanes of at least 4 members (excludes halogenated alkanes) is 45. The van der Waals surface area contributed by atoms with E-state index in [0.717, 1.165) is 109 Å². The van der Waals surface area contributed by atoms with Gasteiger partial charge in [-0.2, -0.15) is 0 Å². The number of hydrogen-bond acceptors (Lipinski definition) is 15. The number of aliphatic hydroxyl groups excluding tert-OH is 1. The van der Waals surface area contributed by atoms with E-state index in [-0.39, 0.29) is 25.7 Å². The Hall–Kier alpha value is -1.94. The second kappa shape index (κ2) is 66.3. The molecule has 0 aliphatic carbocycles.